The number of hydrogen-bond donors (Lipinski definition) is 0. The highest BCUT2D eigenvalue weighted by Gasteiger charge is 2.24. The molecule has 0 saturated heterocycles. The first-order chi connectivity index (χ1) is 10.5. The zero-order valence-corrected chi connectivity index (χ0v) is 12.2. The van der Waals surface area contributed by atoms with E-state index in [4.69, 9.17) is 4.74 Å². The van der Waals surface area contributed by atoms with Crippen molar-refractivity contribution in [2.45, 2.75) is 25.9 Å². The summed E-state index contributed by atoms with van der Waals surface area (Å²) in [7, 11) is 0. The summed E-state index contributed by atoms with van der Waals surface area (Å²) in [6.07, 6.45) is 3.78. The SMILES string of the molecule is CC(C)Oc1cncc(C(=O)[C@@H](C#N)c2ccc(F)cn2)c1. The average molecular weight is 299 g/mol. The molecule has 112 valence electrons. The van der Waals surface area contributed by atoms with Crippen molar-refractivity contribution in [1.29, 1.82) is 5.26 Å². The Bertz CT molecular complexity index is 708. The zero-order chi connectivity index (χ0) is 16.1. The Labute approximate surface area is 127 Å². The maximum atomic E-state index is 12.9. The summed E-state index contributed by atoms with van der Waals surface area (Å²) in [5.74, 6) is -1.65. The number of pyridine rings is 2. The molecular formula is C16H14FN3O2. The molecule has 5 nitrogen and oxygen atoms in total. The van der Waals surface area contributed by atoms with Crippen molar-refractivity contribution in [2.75, 3.05) is 0 Å². The Balaban J connectivity index is 2.29. The summed E-state index contributed by atoms with van der Waals surface area (Å²) in [4.78, 5) is 20.2. The molecule has 0 aliphatic heterocycles. The number of nitrogens with zero attached hydrogens (tertiary/aromatic N) is 3. The van der Waals surface area contributed by atoms with E-state index in [0.29, 0.717) is 5.75 Å². The third-order valence-electron chi connectivity index (χ3n) is 2.81. The van der Waals surface area contributed by atoms with Gasteiger partial charge in [-0.2, -0.15) is 5.26 Å². The molecule has 0 spiro atoms. The first-order valence-electron chi connectivity index (χ1n) is 6.68. The van der Waals surface area contributed by atoms with Crippen LogP contribution in [0.1, 0.15) is 35.8 Å². The third kappa shape index (κ3) is 3.64. The van der Waals surface area contributed by atoms with Gasteiger partial charge in [0.1, 0.15) is 11.6 Å². The van der Waals surface area contributed by atoms with E-state index in [-0.39, 0.29) is 17.4 Å². The predicted octanol–water partition coefficient (Wildman–Crippen LogP) is 2.89. The molecule has 2 aromatic heterocycles. The lowest BCUT2D eigenvalue weighted by molar-refractivity contribution is 0.0976. The van der Waals surface area contributed by atoms with Gasteiger partial charge in [-0.1, -0.05) is 0 Å². The summed E-state index contributed by atoms with van der Waals surface area (Å²) in [5, 5.41) is 9.24. The maximum Gasteiger partial charge on any atom is 0.187 e. The summed E-state index contributed by atoms with van der Waals surface area (Å²) in [6, 6.07) is 5.91. The summed E-state index contributed by atoms with van der Waals surface area (Å²) in [5.41, 5.74) is 0.444. The quantitative estimate of drug-likeness (QED) is 0.793. The fraction of sp³-hybridized carbons (Fsp3) is 0.250. The highest BCUT2D eigenvalue weighted by atomic mass is 19.1. The second-order valence-electron chi connectivity index (χ2n) is 4.90. The van der Waals surface area contributed by atoms with Crippen molar-refractivity contribution in [3.05, 3.63) is 53.9 Å². The molecule has 6 heteroatoms. The van der Waals surface area contributed by atoms with Gasteiger partial charge in [-0.3, -0.25) is 14.8 Å². The van der Waals surface area contributed by atoms with Crippen LogP contribution in [0, 0.1) is 17.1 Å². The van der Waals surface area contributed by atoms with E-state index in [9.17, 15) is 14.4 Å². The van der Waals surface area contributed by atoms with Gasteiger partial charge in [0.05, 0.1) is 30.3 Å². The Hall–Kier alpha value is -2.81. The number of ketones is 1. The molecule has 0 bridgehead atoms. The van der Waals surface area contributed by atoms with E-state index in [1.54, 1.807) is 0 Å². The van der Waals surface area contributed by atoms with Crippen LogP contribution in [-0.4, -0.2) is 21.9 Å². The molecule has 2 heterocycles. The largest absolute Gasteiger partial charge is 0.489 e. The van der Waals surface area contributed by atoms with Crippen LogP contribution < -0.4 is 4.74 Å². The monoisotopic (exact) mass is 299 g/mol. The Morgan fingerprint density at radius 2 is 2.09 bits per heavy atom. The van der Waals surface area contributed by atoms with Crippen LogP contribution >= 0.6 is 0 Å². The van der Waals surface area contributed by atoms with Crippen molar-refractivity contribution >= 4 is 5.78 Å². The molecule has 2 rings (SSSR count). The minimum Gasteiger partial charge on any atom is -0.489 e. The lowest BCUT2D eigenvalue weighted by Crippen LogP contribution is -2.14. The first kappa shape index (κ1) is 15.6. The van der Waals surface area contributed by atoms with Gasteiger partial charge in [0.2, 0.25) is 0 Å². The number of aromatic nitrogens is 2. The van der Waals surface area contributed by atoms with Crippen molar-refractivity contribution in [3.63, 3.8) is 0 Å². The molecule has 0 aromatic carbocycles. The molecule has 0 aliphatic rings. The fourth-order valence-electron chi connectivity index (χ4n) is 1.87. The second-order valence-corrected chi connectivity index (χ2v) is 4.90. The number of nitriles is 1. The van der Waals surface area contributed by atoms with Gasteiger partial charge < -0.3 is 4.74 Å². The molecule has 1 atom stereocenters. The van der Waals surface area contributed by atoms with Gasteiger partial charge in [-0.25, -0.2) is 4.39 Å². The minimum atomic E-state index is -1.11. The second kappa shape index (κ2) is 6.76. The van der Waals surface area contributed by atoms with Gasteiger partial charge >= 0.3 is 0 Å². The number of carbonyl (C=O) groups is 1. The van der Waals surface area contributed by atoms with E-state index in [0.717, 1.165) is 12.3 Å². The third-order valence-corrected chi connectivity index (χ3v) is 2.81. The minimum absolute atomic E-state index is 0.0577. The number of ether oxygens (including phenoxy) is 1. The molecule has 0 saturated carbocycles. The van der Waals surface area contributed by atoms with Gasteiger partial charge in [0.25, 0.3) is 0 Å². The van der Waals surface area contributed by atoms with Gasteiger partial charge in [0, 0.05) is 11.8 Å². The predicted molar refractivity (Wildman–Crippen MR) is 76.9 cm³/mol. The summed E-state index contributed by atoms with van der Waals surface area (Å²) < 4.78 is 18.4. The summed E-state index contributed by atoms with van der Waals surface area (Å²) in [6.45, 7) is 3.71. The molecule has 0 radical (unpaired) electrons. The lowest BCUT2D eigenvalue weighted by atomic mass is 9.96. The van der Waals surface area contributed by atoms with Crippen LogP contribution in [0.15, 0.2) is 36.8 Å². The van der Waals surface area contributed by atoms with Crippen LogP contribution in [0.2, 0.25) is 0 Å². The summed E-state index contributed by atoms with van der Waals surface area (Å²) >= 11 is 0. The lowest BCUT2D eigenvalue weighted by Gasteiger charge is -2.11. The Morgan fingerprint density at radius 1 is 1.32 bits per heavy atom. The van der Waals surface area contributed by atoms with E-state index in [1.807, 2.05) is 19.9 Å². The number of rotatable bonds is 5. The normalized spacial score (nSPS) is 11.8. The number of halogens is 1. The first-order valence-corrected chi connectivity index (χ1v) is 6.68. The highest BCUT2D eigenvalue weighted by Crippen LogP contribution is 2.21. The average Bonchev–Trinajstić information content (AvgIpc) is 2.49. The zero-order valence-electron chi connectivity index (χ0n) is 12.2. The van der Waals surface area contributed by atoms with E-state index < -0.39 is 17.5 Å². The van der Waals surface area contributed by atoms with Crippen LogP contribution in [-0.2, 0) is 0 Å². The van der Waals surface area contributed by atoms with Crippen molar-refractivity contribution in [3.8, 4) is 11.8 Å². The smallest absolute Gasteiger partial charge is 0.187 e. The molecule has 22 heavy (non-hydrogen) atoms. The maximum absolute atomic E-state index is 12.9. The molecule has 0 amide bonds. The van der Waals surface area contributed by atoms with Gasteiger partial charge in [0.15, 0.2) is 11.7 Å². The molecule has 0 N–H and O–H groups in total. The molecular weight excluding hydrogens is 285 g/mol. The molecule has 2 aromatic rings. The van der Waals surface area contributed by atoms with E-state index in [1.165, 1.54) is 24.5 Å². The van der Waals surface area contributed by atoms with Crippen LogP contribution in [0.5, 0.6) is 5.75 Å². The number of Topliss-reactive ketones (excluding diaryl/α,β-unsaturated/α-hetero) is 1. The Morgan fingerprint density at radius 3 is 2.68 bits per heavy atom. The van der Waals surface area contributed by atoms with E-state index >= 15 is 0 Å². The highest BCUT2D eigenvalue weighted by molar-refractivity contribution is 6.02. The van der Waals surface area contributed by atoms with Crippen molar-refractivity contribution in [1.82, 2.24) is 9.97 Å². The van der Waals surface area contributed by atoms with Gasteiger partial charge in [-0.15, -0.1) is 0 Å². The van der Waals surface area contributed by atoms with Crippen LogP contribution in [0.4, 0.5) is 4.39 Å². The van der Waals surface area contributed by atoms with Crippen molar-refractivity contribution < 1.29 is 13.9 Å². The van der Waals surface area contributed by atoms with Gasteiger partial charge in [-0.05, 0) is 32.0 Å². The standard InChI is InChI=1S/C16H14FN3O2/c1-10(2)22-13-5-11(7-19-9-13)16(21)14(6-18)15-4-3-12(17)8-20-15/h3-5,7-10,14H,1-2H3/t14-/m0/s1. The molecule has 0 aliphatic carbocycles. The fourth-order valence-corrected chi connectivity index (χ4v) is 1.87. The van der Waals surface area contributed by atoms with Crippen LogP contribution in [0.3, 0.4) is 0 Å². The van der Waals surface area contributed by atoms with Crippen molar-refractivity contribution in [2.24, 2.45) is 0 Å². The number of carbonyl (C=O) groups excluding carboxylic acids is 1. The molecule has 0 fully saturated rings. The number of hydrogen-bond acceptors (Lipinski definition) is 5. The Kier molecular flexibility index (Phi) is 4.79. The van der Waals surface area contributed by atoms with E-state index in [2.05, 4.69) is 9.97 Å². The topological polar surface area (TPSA) is 75.9 Å². The molecule has 0 unspecified atom stereocenters. The van der Waals surface area contributed by atoms with Crippen LogP contribution in [0.25, 0.3) is 0 Å².